The van der Waals surface area contributed by atoms with Gasteiger partial charge in [0.15, 0.2) is 0 Å². The van der Waals surface area contributed by atoms with Gasteiger partial charge in [0, 0.05) is 13.0 Å². The van der Waals surface area contributed by atoms with Crippen molar-refractivity contribution < 1.29 is 29.7 Å². The van der Waals surface area contributed by atoms with Crippen LogP contribution in [0.1, 0.15) is 155 Å². The predicted molar refractivity (Wildman–Crippen MR) is 161 cm³/mol. The van der Waals surface area contributed by atoms with Gasteiger partial charge in [0.1, 0.15) is 6.17 Å². The molecule has 0 aromatic carbocycles. The number of nitrogens with zero attached hydrogens (tertiary/aromatic N) is 1. The van der Waals surface area contributed by atoms with Crippen molar-refractivity contribution in [2.45, 2.75) is 161 Å². The van der Waals surface area contributed by atoms with Crippen molar-refractivity contribution >= 4 is 10.0 Å². The van der Waals surface area contributed by atoms with Gasteiger partial charge in [-0.15, -0.1) is 0 Å². The first-order valence-corrected chi connectivity index (χ1v) is 17.7. The largest absolute Gasteiger partial charge is 1.00 e. The molecule has 7 heteroatoms. The van der Waals surface area contributed by atoms with E-state index < -0.39 is 16.2 Å². The Morgan fingerprint density at radius 1 is 0.605 bits per heavy atom. The molecule has 38 heavy (non-hydrogen) atoms. The highest BCUT2D eigenvalue weighted by Crippen LogP contribution is 2.17. The third kappa shape index (κ3) is 32.3. The molecule has 0 bridgehead atoms. The Morgan fingerprint density at radius 2 is 0.974 bits per heavy atom. The Labute approximate surface area is 244 Å². The van der Waals surface area contributed by atoms with Gasteiger partial charge in [0.05, 0.1) is 33.4 Å². The fourth-order valence-electron chi connectivity index (χ4n) is 4.92. The summed E-state index contributed by atoms with van der Waals surface area (Å²) in [6.45, 7) is 3.76. The highest BCUT2D eigenvalue weighted by molar-refractivity contribution is 7.89. The molecule has 0 saturated carbocycles. The Bertz CT molecular complexity index is 585. The van der Waals surface area contributed by atoms with Gasteiger partial charge in [-0.2, -0.15) is 0 Å². The second-order valence-electron chi connectivity index (χ2n) is 12.5. The van der Waals surface area contributed by atoms with E-state index in [1.165, 1.54) is 89.9 Å². The Morgan fingerprint density at radius 3 is 1.37 bits per heavy atom. The lowest BCUT2D eigenvalue weighted by Gasteiger charge is -2.23. The molecule has 0 fully saturated rings. The fraction of sp³-hybridized carbons (Fsp3) is 1.00. The number of quaternary nitrogens is 1. The van der Waals surface area contributed by atoms with Crippen molar-refractivity contribution in [3.05, 3.63) is 0 Å². The molecule has 0 aliphatic carbocycles. The molecule has 232 valence electrons. The van der Waals surface area contributed by atoms with Gasteiger partial charge in [-0.3, -0.25) is 0 Å². The molecule has 4 nitrogen and oxygen atoms in total. The molecule has 0 saturated heterocycles. The summed E-state index contributed by atoms with van der Waals surface area (Å²) in [5.74, 6) is 0.211. The van der Waals surface area contributed by atoms with Gasteiger partial charge < -0.3 is 16.9 Å². The molecule has 1 unspecified atom stereocenters. The van der Waals surface area contributed by atoms with Crippen LogP contribution in [-0.4, -0.2) is 59.1 Å². The Balaban J connectivity index is 0. The first kappa shape index (κ1) is 40.2. The SMILES string of the molecule is CCCCCCCCCCCCCCCCCC(F)CCCCCCCS(=O)(=O)NCCC[N+](C)(C)C.[Cl-]. The van der Waals surface area contributed by atoms with Gasteiger partial charge in [-0.05, 0) is 19.3 Å². The molecule has 0 aromatic rings. The second-order valence-corrected chi connectivity index (χ2v) is 14.4. The number of hydrogen-bond donors (Lipinski definition) is 1. The number of sulfonamides is 1. The van der Waals surface area contributed by atoms with E-state index in [9.17, 15) is 12.8 Å². The van der Waals surface area contributed by atoms with Crippen molar-refractivity contribution in [1.82, 2.24) is 4.72 Å². The third-order valence-electron chi connectivity index (χ3n) is 7.38. The monoisotopic (exact) mass is 584 g/mol. The normalized spacial score (nSPS) is 13.0. The summed E-state index contributed by atoms with van der Waals surface area (Å²) in [6, 6.07) is 0. The van der Waals surface area contributed by atoms with E-state index >= 15 is 0 Å². The molecule has 0 aliphatic rings. The molecule has 0 aliphatic heterocycles. The van der Waals surface area contributed by atoms with E-state index in [0.29, 0.717) is 19.4 Å². The Kier molecular flexibility index (Phi) is 28.9. The van der Waals surface area contributed by atoms with Crippen LogP contribution < -0.4 is 17.1 Å². The molecule has 1 atom stereocenters. The number of nitrogens with one attached hydrogen (secondary N) is 1. The summed E-state index contributed by atoms with van der Waals surface area (Å²) in [6.07, 6.45) is 26.3. The molecule has 0 heterocycles. The molecule has 0 aromatic heterocycles. The Hall–Kier alpha value is 0.0900. The molecule has 0 spiro atoms. The highest BCUT2D eigenvalue weighted by Gasteiger charge is 2.11. The predicted octanol–water partition coefficient (Wildman–Crippen LogP) is 5.95. The minimum absolute atomic E-state index is 0. The van der Waals surface area contributed by atoms with Crippen molar-refractivity contribution in [3.8, 4) is 0 Å². The van der Waals surface area contributed by atoms with Crippen LogP contribution in [0.4, 0.5) is 4.39 Å². The number of alkyl halides is 1. The van der Waals surface area contributed by atoms with E-state index in [2.05, 4.69) is 32.8 Å². The molecule has 0 radical (unpaired) electrons. The molecule has 1 N–H and O–H groups in total. The van der Waals surface area contributed by atoms with Crippen molar-refractivity contribution in [3.63, 3.8) is 0 Å². The zero-order chi connectivity index (χ0) is 27.7. The number of hydrogen-bond acceptors (Lipinski definition) is 2. The molecule has 0 rings (SSSR count). The minimum Gasteiger partial charge on any atom is -1.00 e. The van der Waals surface area contributed by atoms with Crippen LogP contribution in [-0.2, 0) is 10.0 Å². The summed E-state index contributed by atoms with van der Waals surface area (Å²) in [4.78, 5) is 0. The number of rotatable bonds is 29. The summed E-state index contributed by atoms with van der Waals surface area (Å²) in [7, 11) is 3.18. The van der Waals surface area contributed by atoms with E-state index in [-0.39, 0.29) is 18.2 Å². The first-order chi connectivity index (χ1) is 17.7. The zero-order valence-corrected chi connectivity index (χ0v) is 27.5. The standard InChI is InChI=1S/C31H66FN2O2S.ClH/c1-5-6-7-8-9-10-11-12-13-14-15-16-17-19-22-26-31(32)27-23-20-18-21-24-30-37(35,36)33-28-25-29-34(2,3)4;/h31,33H,5-30H2,1-4H3;1H/q+1;/p-1. The highest BCUT2D eigenvalue weighted by atomic mass is 35.5. The van der Waals surface area contributed by atoms with Crippen LogP contribution in [0.2, 0.25) is 0 Å². The van der Waals surface area contributed by atoms with Gasteiger partial charge in [0.2, 0.25) is 10.0 Å². The molecule has 0 amide bonds. The van der Waals surface area contributed by atoms with Crippen LogP contribution >= 0.6 is 0 Å². The zero-order valence-electron chi connectivity index (χ0n) is 25.9. The smallest absolute Gasteiger partial charge is 0.211 e. The maximum absolute atomic E-state index is 14.1. The molecular formula is C31H66ClFN2O2S. The second kappa shape index (κ2) is 27.3. The third-order valence-corrected chi connectivity index (χ3v) is 8.85. The quantitative estimate of drug-likeness (QED) is 0.0872. The van der Waals surface area contributed by atoms with Gasteiger partial charge in [-0.25, -0.2) is 17.5 Å². The van der Waals surface area contributed by atoms with Crippen molar-refractivity contribution in [2.75, 3.05) is 40.0 Å². The average molecular weight is 585 g/mol. The maximum Gasteiger partial charge on any atom is 0.211 e. The van der Waals surface area contributed by atoms with E-state index in [4.69, 9.17) is 0 Å². The lowest BCUT2D eigenvalue weighted by molar-refractivity contribution is -0.870. The van der Waals surface area contributed by atoms with E-state index in [1.807, 2.05) is 0 Å². The average Bonchev–Trinajstić information content (AvgIpc) is 2.83. The van der Waals surface area contributed by atoms with Crippen LogP contribution in [0, 0.1) is 0 Å². The fourth-order valence-corrected chi connectivity index (χ4v) is 6.11. The summed E-state index contributed by atoms with van der Waals surface area (Å²) in [5, 5.41) is 0. The summed E-state index contributed by atoms with van der Waals surface area (Å²) < 4.78 is 41.8. The first-order valence-electron chi connectivity index (χ1n) is 16.1. The van der Waals surface area contributed by atoms with Gasteiger partial charge in [-0.1, -0.05) is 129 Å². The van der Waals surface area contributed by atoms with Crippen LogP contribution in [0.25, 0.3) is 0 Å². The van der Waals surface area contributed by atoms with Gasteiger partial charge >= 0.3 is 0 Å². The van der Waals surface area contributed by atoms with Crippen molar-refractivity contribution in [1.29, 1.82) is 0 Å². The van der Waals surface area contributed by atoms with Crippen LogP contribution in [0.5, 0.6) is 0 Å². The number of halogens is 2. The lowest BCUT2D eigenvalue weighted by Crippen LogP contribution is -3.00. The van der Waals surface area contributed by atoms with Crippen LogP contribution in [0.3, 0.4) is 0 Å². The van der Waals surface area contributed by atoms with Crippen LogP contribution in [0.15, 0.2) is 0 Å². The summed E-state index contributed by atoms with van der Waals surface area (Å²) >= 11 is 0. The maximum atomic E-state index is 14.1. The van der Waals surface area contributed by atoms with E-state index in [0.717, 1.165) is 56.0 Å². The lowest BCUT2D eigenvalue weighted by atomic mass is 10.0. The minimum atomic E-state index is -3.15. The topological polar surface area (TPSA) is 46.2 Å². The number of unbranched alkanes of at least 4 members (excludes halogenated alkanes) is 18. The summed E-state index contributed by atoms with van der Waals surface area (Å²) in [5.41, 5.74) is 0. The van der Waals surface area contributed by atoms with Gasteiger partial charge in [0.25, 0.3) is 0 Å². The molecular weight excluding hydrogens is 519 g/mol. The van der Waals surface area contributed by atoms with E-state index in [1.54, 1.807) is 0 Å². The van der Waals surface area contributed by atoms with Crippen molar-refractivity contribution in [2.24, 2.45) is 0 Å².